The van der Waals surface area contributed by atoms with Gasteiger partial charge in [0.05, 0.1) is 0 Å². The minimum atomic E-state index is 0.359. The lowest BCUT2D eigenvalue weighted by Gasteiger charge is -2.17. The van der Waals surface area contributed by atoms with Gasteiger partial charge in [-0.15, -0.1) is 0 Å². The maximum absolute atomic E-state index is 4.29. The number of nitrogens with one attached hydrogen (secondary N) is 2. The predicted octanol–water partition coefficient (Wildman–Crippen LogP) is 1.73. The van der Waals surface area contributed by atoms with E-state index in [-0.39, 0.29) is 0 Å². The van der Waals surface area contributed by atoms with Crippen molar-refractivity contribution in [2.45, 2.75) is 40.3 Å². The fraction of sp³-hybridized carbons (Fsp3) is 0.714. The van der Waals surface area contributed by atoms with Crippen LogP contribution in [-0.2, 0) is 6.54 Å². The summed E-state index contributed by atoms with van der Waals surface area (Å²) in [6.07, 6.45) is 3.75. The van der Waals surface area contributed by atoms with Crippen molar-refractivity contribution in [1.29, 1.82) is 0 Å². The molecule has 0 amide bonds. The molecule has 5 nitrogen and oxygen atoms in total. The molecule has 0 aromatic carbocycles. The van der Waals surface area contributed by atoms with Gasteiger partial charge in [-0.05, 0) is 26.9 Å². The number of rotatable bonds is 9. The third-order valence-corrected chi connectivity index (χ3v) is 2.95. The van der Waals surface area contributed by atoms with Gasteiger partial charge >= 0.3 is 0 Å². The Morgan fingerprint density at radius 1 is 1.16 bits per heavy atom. The fourth-order valence-electron chi connectivity index (χ4n) is 1.79. The lowest BCUT2D eigenvalue weighted by atomic mass is 10.3. The van der Waals surface area contributed by atoms with Crippen molar-refractivity contribution in [3.8, 4) is 0 Å². The standard InChI is InChI=1S/C14H27N5/c1-5-19(6-2)8-7-15-9-13-10-16-14(17-11-13)18-12(3)4/h10-12,15H,5-9H2,1-4H3,(H,16,17,18). The second-order valence-electron chi connectivity index (χ2n) is 4.92. The van der Waals surface area contributed by atoms with Gasteiger partial charge in [0.1, 0.15) is 0 Å². The fourth-order valence-corrected chi connectivity index (χ4v) is 1.79. The summed E-state index contributed by atoms with van der Waals surface area (Å²) in [7, 11) is 0. The van der Waals surface area contributed by atoms with Crippen LogP contribution in [0.5, 0.6) is 0 Å². The first-order chi connectivity index (χ1) is 9.15. The van der Waals surface area contributed by atoms with Crippen LogP contribution < -0.4 is 10.6 Å². The largest absolute Gasteiger partial charge is 0.352 e. The molecule has 108 valence electrons. The predicted molar refractivity (Wildman–Crippen MR) is 80.3 cm³/mol. The van der Waals surface area contributed by atoms with Crippen molar-refractivity contribution in [3.05, 3.63) is 18.0 Å². The van der Waals surface area contributed by atoms with Gasteiger partial charge in [0.15, 0.2) is 0 Å². The average molecular weight is 265 g/mol. The molecule has 1 rings (SSSR count). The van der Waals surface area contributed by atoms with Gasteiger partial charge in [-0.3, -0.25) is 0 Å². The molecular formula is C14H27N5. The Balaban J connectivity index is 2.26. The van der Waals surface area contributed by atoms with E-state index in [1.807, 2.05) is 12.4 Å². The lowest BCUT2D eigenvalue weighted by molar-refractivity contribution is 0.302. The third-order valence-electron chi connectivity index (χ3n) is 2.95. The number of hydrogen-bond donors (Lipinski definition) is 2. The van der Waals surface area contributed by atoms with Crippen molar-refractivity contribution in [3.63, 3.8) is 0 Å². The Morgan fingerprint density at radius 3 is 2.32 bits per heavy atom. The molecule has 0 unspecified atom stereocenters. The summed E-state index contributed by atoms with van der Waals surface area (Å²) < 4.78 is 0. The number of aromatic nitrogens is 2. The van der Waals surface area contributed by atoms with Crippen molar-refractivity contribution in [2.24, 2.45) is 0 Å². The first kappa shape index (κ1) is 15.9. The average Bonchev–Trinajstić information content (AvgIpc) is 2.40. The van der Waals surface area contributed by atoms with E-state index in [0.717, 1.165) is 38.3 Å². The number of nitrogens with zero attached hydrogens (tertiary/aromatic N) is 3. The van der Waals surface area contributed by atoms with Crippen LogP contribution in [0.4, 0.5) is 5.95 Å². The van der Waals surface area contributed by atoms with E-state index in [0.29, 0.717) is 12.0 Å². The second kappa shape index (κ2) is 8.82. The van der Waals surface area contributed by atoms with Crippen LogP contribution >= 0.6 is 0 Å². The molecular weight excluding hydrogens is 238 g/mol. The van der Waals surface area contributed by atoms with Gasteiger partial charge in [-0.25, -0.2) is 9.97 Å². The van der Waals surface area contributed by atoms with E-state index < -0.39 is 0 Å². The zero-order valence-corrected chi connectivity index (χ0v) is 12.6. The molecule has 0 aliphatic heterocycles. The highest BCUT2D eigenvalue weighted by Crippen LogP contribution is 2.01. The first-order valence-electron chi connectivity index (χ1n) is 7.16. The molecule has 2 N–H and O–H groups in total. The zero-order valence-electron chi connectivity index (χ0n) is 12.6. The molecule has 0 spiro atoms. The molecule has 1 aromatic rings. The van der Waals surface area contributed by atoms with E-state index in [1.165, 1.54) is 0 Å². The van der Waals surface area contributed by atoms with Gasteiger partial charge in [-0.2, -0.15) is 0 Å². The molecule has 0 bridgehead atoms. The minimum Gasteiger partial charge on any atom is -0.352 e. The summed E-state index contributed by atoms with van der Waals surface area (Å²) in [6, 6.07) is 0.359. The Kier molecular flexibility index (Phi) is 7.36. The molecule has 5 heteroatoms. The summed E-state index contributed by atoms with van der Waals surface area (Å²) in [5.41, 5.74) is 1.12. The van der Waals surface area contributed by atoms with Crippen molar-refractivity contribution >= 4 is 5.95 Å². The molecule has 19 heavy (non-hydrogen) atoms. The molecule has 0 aliphatic carbocycles. The highest BCUT2D eigenvalue weighted by molar-refractivity contribution is 5.25. The van der Waals surface area contributed by atoms with Crippen LogP contribution in [0.25, 0.3) is 0 Å². The molecule has 1 aromatic heterocycles. The summed E-state index contributed by atoms with van der Waals surface area (Å²) in [5.74, 6) is 0.696. The van der Waals surface area contributed by atoms with Crippen molar-refractivity contribution in [1.82, 2.24) is 20.2 Å². The van der Waals surface area contributed by atoms with Crippen molar-refractivity contribution in [2.75, 3.05) is 31.5 Å². The van der Waals surface area contributed by atoms with E-state index in [2.05, 4.69) is 53.2 Å². The van der Waals surface area contributed by atoms with E-state index >= 15 is 0 Å². The van der Waals surface area contributed by atoms with Crippen molar-refractivity contribution < 1.29 is 0 Å². The van der Waals surface area contributed by atoms with Gasteiger partial charge in [0.25, 0.3) is 0 Å². The quantitative estimate of drug-likeness (QED) is 0.666. The van der Waals surface area contributed by atoms with E-state index in [9.17, 15) is 0 Å². The summed E-state index contributed by atoms with van der Waals surface area (Å²) in [4.78, 5) is 11.0. The molecule has 0 radical (unpaired) electrons. The molecule has 1 heterocycles. The first-order valence-corrected chi connectivity index (χ1v) is 7.16. The van der Waals surface area contributed by atoms with Crippen LogP contribution in [0.1, 0.15) is 33.3 Å². The van der Waals surface area contributed by atoms with Crippen LogP contribution in [0.15, 0.2) is 12.4 Å². The molecule has 0 saturated heterocycles. The number of hydrogen-bond acceptors (Lipinski definition) is 5. The maximum atomic E-state index is 4.29. The van der Waals surface area contributed by atoms with Gasteiger partial charge in [0, 0.05) is 43.6 Å². The topological polar surface area (TPSA) is 53.1 Å². The highest BCUT2D eigenvalue weighted by Gasteiger charge is 2.00. The Bertz CT molecular complexity index is 332. The van der Waals surface area contributed by atoms with Crippen LogP contribution in [0, 0.1) is 0 Å². The van der Waals surface area contributed by atoms with Crippen LogP contribution in [0.2, 0.25) is 0 Å². The maximum Gasteiger partial charge on any atom is 0.222 e. The van der Waals surface area contributed by atoms with Gasteiger partial charge in [0.2, 0.25) is 5.95 Å². The Hall–Kier alpha value is -1.20. The Morgan fingerprint density at radius 2 is 1.79 bits per heavy atom. The normalized spacial score (nSPS) is 11.3. The number of likely N-dealkylation sites (N-methyl/N-ethyl adjacent to an activating group) is 1. The summed E-state index contributed by atoms with van der Waals surface area (Å²) in [6.45, 7) is 13.7. The Labute approximate surface area is 116 Å². The number of anilines is 1. The van der Waals surface area contributed by atoms with Crippen LogP contribution in [0.3, 0.4) is 0 Å². The molecule has 0 saturated carbocycles. The third kappa shape index (κ3) is 6.50. The zero-order chi connectivity index (χ0) is 14.1. The smallest absolute Gasteiger partial charge is 0.222 e. The summed E-state index contributed by atoms with van der Waals surface area (Å²) in [5, 5.41) is 6.60. The molecule has 0 aliphatic rings. The monoisotopic (exact) mass is 265 g/mol. The van der Waals surface area contributed by atoms with Gasteiger partial charge in [-0.1, -0.05) is 13.8 Å². The lowest BCUT2D eigenvalue weighted by Crippen LogP contribution is -2.31. The molecule has 0 fully saturated rings. The van der Waals surface area contributed by atoms with Crippen LogP contribution in [-0.4, -0.2) is 47.1 Å². The van der Waals surface area contributed by atoms with E-state index in [1.54, 1.807) is 0 Å². The SMILES string of the molecule is CCN(CC)CCNCc1cnc(NC(C)C)nc1. The van der Waals surface area contributed by atoms with E-state index in [4.69, 9.17) is 0 Å². The highest BCUT2D eigenvalue weighted by atomic mass is 15.1. The second-order valence-corrected chi connectivity index (χ2v) is 4.92. The minimum absolute atomic E-state index is 0.359. The van der Waals surface area contributed by atoms with Gasteiger partial charge < -0.3 is 15.5 Å². The molecule has 0 atom stereocenters. The summed E-state index contributed by atoms with van der Waals surface area (Å²) >= 11 is 0.